The van der Waals surface area contributed by atoms with E-state index in [4.69, 9.17) is 48.4 Å². The molecule has 0 amide bonds. The Hall–Kier alpha value is -3.62. The highest BCUT2D eigenvalue weighted by Crippen LogP contribution is 2.36. The van der Waals surface area contributed by atoms with Crippen molar-refractivity contribution in [2.75, 3.05) is 19.8 Å². The summed E-state index contributed by atoms with van der Waals surface area (Å²) in [4.78, 5) is 0. The van der Waals surface area contributed by atoms with Crippen LogP contribution in [0.5, 0.6) is 11.5 Å². The van der Waals surface area contributed by atoms with Gasteiger partial charge in [0, 0.05) is 41.4 Å². The van der Waals surface area contributed by atoms with Crippen LogP contribution in [0.25, 0.3) is 11.1 Å². The van der Waals surface area contributed by atoms with Gasteiger partial charge >= 0.3 is 0 Å². The zero-order valence-electron chi connectivity index (χ0n) is 20.5. The lowest BCUT2D eigenvalue weighted by molar-refractivity contribution is 0.290. The van der Waals surface area contributed by atoms with Crippen LogP contribution in [0, 0.1) is 5.41 Å². The van der Waals surface area contributed by atoms with Crippen LogP contribution in [0.2, 0.25) is 10.0 Å². The molecule has 3 aromatic rings. The summed E-state index contributed by atoms with van der Waals surface area (Å²) >= 11 is 13.3. The van der Waals surface area contributed by atoms with E-state index >= 15 is 0 Å². The summed E-state index contributed by atoms with van der Waals surface area (Å²) in [6, 6.07) is 19.2. The molecule has 0 aromatic heterocycles. The average molecular weight is 552 g/mol. The number of benzene rings is 3. The lowest BCUT2D eigenvalue weighted by Gasteiger charge is -2.18. The average Bonchev–Trinajstić information content (AvgIpc) is 2.94. The Morgan fingerprint density at radius 3 is 2.47 bits per heavy atom. The third-order valence-corrected chi connectivity index (χ3v) is 6.63. The van der Waals surface area contributed by atoms with Gasteiger partial charge in [0.05, 0.1) is 22.4 Å². The van der Waals surface area contributed by atoms with E-state index in [0.29, 0.717) is 40.2 Å². The second kappa shape index (κ2) is 13.3. The highest BCUT2D eigenvalue weighted by molar-refractivity contribution is 6.51. The van der Waals surface area contributed by atoms with Crippen LogP contribution < -0.4 is 14.8 Å². The maximum Gasteiger partial charge on any atom is 0.142 e. The quantitative estimate of drug-likeness (QED) is 0.100. The van der Waals surface area contributed by atoms with E-state index in [0.717, 1.165) is 22.3 Å². The topological polar surface area (TPSA) is 107 Å². The molecule has 0 fully saturated rings. The molecule has 0 atom stereocenters. The van der Waals surface area contributed by atoms with E-state index in [1.54, 1.807) is 30.4 Å². The van der Waals surface area contributed by atoms with Gasteiger partial charge in [-0.1, -0.05) is 89.0 Å². The highest BCUT2D eigenvalue weighted by atomic mass is 35.5. The first-order chi connectivity index (χ1) is 18.5. The molecular formula is C29H27Cl2N3O4. The van der Waals surface area contributed by atoms with Crippen LogP contribution in [0.15, 0.2) is 89.6 Å². The molecule has 0 aliphatic heterocycles. The molecule has 0 saturated carbocycles. The number of rotatable bonds is 11. The van der Waals surface area contributed by atoms with Gasteiger partial charge < -0.3 is 25.1 Å². The minimum absolute atomic E-state index is 0.00637. The van der Waals surface area contributed by atoms with Gasteiger partial charge in [0.1, 0.15) is 30.4 Å². The predicted octanol–water partition coefficient (Wildman–Crippen LogP) is 6.05. The molecule has 7 nitrogen and oxygen atoms in total. The Kier molecular flexibility index (Phi) is 9.56. The summed E-state index contributed by atoms with van der Waals surface area (Å²) in [6.07, 6.45) is 4.97. The number of nitrogens with zero attached hydrogens (tertiary/aromatic N) is 1. The molecule has 9 heteroatoms. The van der Waals surface area contributed by atoms with E-state index < -0.39 is 0 Å². The standard InChI is InChI=1S/C29H27Cl2N3O4/c30-24-14-22(16-33-12-13-35)26(37-18-21-9-5-11-25(34-36)29(21)32)15-27(24)38-17-20-8-4-10-23(28(20)31)19-6-2-1-3-7-19/h1-11,14-15,32-33,35-36H,12-13,16-18H2/b32-29?,34-25-. The molecule has 0 spiro atoms. The molecule has 0 saturated heterocycles. The van der Waals surface area contributed by atoms with Crippen molar-refractivity contribution in [2.24, 2.45) is 5.16 Å². The number of hydrogen-bond acceptors (Lipinski definition) is 7. The molecule has 0 unspecified atom stereocenters. The number of aliphatic hydroxyl groups excluding tert-OH is 1. The highest BCUT2D eigenvalue weighted by Gasteiger charge is 2.17. The first-order valence-corrected chi connectivity index (χ1v) is 12.7. The van der Waals surface area contributed by atoms with Gasteiger partial charge in [0.25, 0.3) is 0 Å². The van der Waals surface area contributed by atoms with E-state index in [9.17, 15) is 0 Å². The summed E-state index contributed by atoms with van der Waals surface area (Å²) in [6.45, 7) is 1.07. The lowest BCUT2D eigenvalue weighted by Crippen LogP contribution is -2.21. The van der Waals surface area contributed by atoms with Gasteiger partial charge in [-0.05, 0) is 17.7 Å². The van der Waals surface area contributed by atoms with Crippen molar-refractivity contribution in [3.63, 3.8) is 0 Å². The first-order valence-electron chi connectivity index (χ1n) is 11.9. The van der Waals surface area contributed by atoms with Crippen molar-refractivity contribution in [3.05, 3.63) is 106 Å². The summed E-state index contributed by atoms with van der Waals surface area (Å²) in [5, 5.41) is 33.7. The number of aliphatic hydroxyl groups is 1. The molecule has 38 heavy (non-hydrogen) atoms. The van der Waals surface area contributed by atoms with Crippen LogP contribution in [-0.4, -0.2) is 41.5 Å². The molecule has 0 bridgehead atoms. The fourth-order valence-corrected chi connectivity index (χ4v) is 4.42. The van der Waals surface area contributed by atoms with Crippen molar-refractivity contribution in [2.45, 2.75) is 13.2 Å². The number of hydrogen-bond donors (Lipinski definition) is 4. The maximum absolute atomic E-state index is 9.14. The monoisotopic (exact) mass is 551 g/mol. The molecule has 0 radical (unpaired) electrons. The van der Waals surface area contributed by atoms with Crippen molar-refractivity contribution < 1.29 is 19.8 Å². The van der Waals surface area contributed by atoms with Crippen LogP contribution in [0.1, 0.15) is 11.1 Å². The second-order valence-corrected chi connectivity index (χ2v) is 9.21. The minimum atomic E-state index is -0.00637. The van der Waals surface area contributed by atoms with Crippen LogP contribution in [0.3, 0.4) is 0 Å². The van der Waals surface area contributed by atoms with Crippen LogP contribution >= 0.6 is 23.2 Å². The zero-order chi connectivity index (χ0) is 26.9. The fraction of sp³-hybridized carbons (Fsp3) is 0.172. The number of allylic oxidation sites excluding steroid dienone is 3. The molecule has 1 aliphatic carbocycles. The fourth-order valence-electron chi connectivity index (χ4n) is 3.89. The van der Waals surface area contributed by atoms with Gasteiger partial charge in [-0.2, -0.15) is 0 Å². The van der Waals surface area contributed by atoms with Crippen molar-refractivity contribution >= 4 is 34.6 Å². The third-order valence-electron chi connectivity index (χ3n) is 5.89. The van der Waals surface area contributed by atoms with Crippen LogP contribution in [0.4, 0.5) is 0 Å². The van der Waals surface area contributed by atoms with E-state index in [1.165, 1.54) is 0 Å². The number of oxime groups is 1. The predicted molar refractivity (Wildman–Crippen MR) is 151 cm³/mol. The molecule has 196 valence electrons. The van der Waals surface area contributed by atoms with E-state index in [1.807, 2.05) is 48.5 Å². The second-order valence-electron chi connectivity index (χ2n) is 8.42. The van der Waals surface area contributed by atoms with Gasteiger partial charge in [-0.15, -0.1) is 0 Å². The van der Waals surface area contributed by atoms with E-state index in [2.05, 4.69) is 10.5 Å². The molecule has 4 N–H and O–H groups in total. The summed E-state index contributed by atoms with van der Waals surface area (Å²) in [7, 11) is 0. The molecule has 3 aromatic carbocycles. The smallest absolute Gasteiger partial charge is 0.142 e. The Balaban J connectivity index is 1.55. The number of ether oxygens (including phenoxy) is 2. The maximum atomic E-state index is 9.14. The Labute approximate surface area is 231 Å². The Bertz CT molecular complexity index is 1390. The normalized spacial score (nSPS) is 14.0. The summed E-state index contributed by atoms with van der Waals surface area (Å²) in [5.74, 6) is 0.920. The van der Waals surface area contributed by atoms with Crippen molar-refractivity contribution in [1.29, 1.82) is 5.41 Å². The Morgan fingerprint density at radius 2 is 1.71 bits per heavy atom. The minimum Gasteiger partial charge on any atom is -0.488 e. The Morgan fingerprint density at radius 1 is 0.921 bits per heavy atom. The molecule has 0 heterocycles. The number of nitrogens with one attached hydrogen (secondary N) is 2. The van der Waals surface area contributed by atoms with E-state index in [-0.39, 0.29) is 31.2 Å². The molecule has 4 rings (SSSR count). The zero-order valence-corrected chi connectivity index (χ0v) is 22.0. The third kappa shape index (κ3) is 6.62. The SMILES string of the molecule is N=C1C(COc2cc(OCc3cccc(-c4ccccc4)c3Cl)c(Cl)cc2CNCCO)=CC=C/C1=N/O. The van der Waals surface area contributed by atoms with Gasteiger partial charge in [0.15, 0.2) is 0 Å². The largest absolute Gasteiger partial charge is 0.488 e. The molecular weight excluding hydrogens is 525 g/mol. The van der Waals surface area contributed by atoms with Crippen molar-refractivity contribution in [3.8, 4) is 22.6 Å². The summed E-state index contributed by atoms with van der Waals surface area (Å²) < 4.78 is 12.2. The van der Waals surface area contributed by atoms with Gasteiger partial charge in [-0.25, -0.2) is 0 Å². The van der Waals surface area contributed by atoms with Crippen LogP contribution in [-0.2, 0) is 13.2 Å². The summed E-state index contributed by atoms with van der Waals surface area (Å²) in [5.41, 5.74) is 4.28. The molecule has 1 aliphatic rings. The lowest BCUT2D eigenvalue weighted by atomic mass is 10.0. The van der Waals surface area contributed by atoms with Crippen molar-refractivity contribution in [1.82, 2.24) is 5.32 Å². The number of halogens is 2. The first kappa shape index (κ1) is 27.4. The van der Waals surface area contributed by atoms with Gasteiger partial charge in [-0.3, -0.25) is 5.41 Å². The van der Waals surface area contributed by atoms with Gasteiger partial charge in [0.2, 0.25) is 0 Å².